The zero-order valence-corrected chi connectivity index (χ0v) is 12.2. The molecule has 3 aromatic heterocycles. The van der Waals surface area contributed by atoms with Crippen molar-refractivity contribution in [2.45, 2.75) is 13.2 Å². The summed E-state index contributed by atoms with van der Waals surface area (Å²) in [7, 11) is 0. The van der Waals surface area contributed by atoms with Crippen molar-refractivity contribution in [3.63, 3.8) is 0 Å². The lowest BCUT2D eigenvalue weighted by atomic mass is 10.4. The number of nitrogens with zero attached hydrogens (tertiary/aromatic N) is 3. The van der Waals surface area contributed by atoms with Crippen LogP contribution in [-0.4, -0.2) is 19.9 Å². The van der Waals surface area contributed by atoms with E-state index in [0.717, 1.165) is 0 Å². The lowest BCUT2D eigenvalue weighted by Gasteiger charge is -2.06. The van der Waals surface area contributed by atoms with Crippen LogP contribution in [0.1, 0.15) is 5.69 Å². The molecule has 0 fully saturated rings. The van der Waals surface area contributed by atoms with Crippen LogP contribution in [0.15, 0.2) is 51.6 Å². The van der Waals surface area contributed by atoms with Crippen LogP contribution < -0.4 is 11.1 Å². The van der Waals surface area contributed by atoms with Crippen LogP contribution >= 0.6 is 11.3 Å². The molecular formula is C14H11N3O4S. The van der Waals surface area contributed by atoms with Gasteiger partial charge >= 0.3 is 5.97 Å². The van der Waals surface area contributed by atoms with Gasteiger partial charge in [-0.05, 0) is 6.07 Å². The van der Waals surface area contributed by atoms with E-state index in [1.54, 1.807) is 23.7 Å². The van der Waals surface area contributed by atoms with Crippen LogP contribution in [0.5, 0.6) is 0 Å². The molecule has 0 spiro atoms. The van der Waals surface area contributed by atoms with Gasteiger partial charge in [-0.25, -0.2) is 4.98 Å². The van der Waals surface area contributed by atoms with Crippen molar-refractivity contribution < 1.29 is 9.53 Å². The second kappa shape index (κ2) is 5.94. The van der Waals surface area contributed by atoms with E-state index in [2.05, 4.69) is 4.98 Å². The first-order valence-electron chi connectivity index (χ1n) is 6.40. The molecule has 0 aliphatic carbocycles. The molecule has 22 heavy (non-hydrogen) atoms. The maximum atomic E-state index is 11.8. The lowest BCUT2D eigenvalue weighted by molar-refractivity contribution is -0.145. The number of ether oxygens (including phenoxy) is 1. The third-order valence-corrected chi connectivity index (χ3v) is 3.69. The van der Waals surface area contributed by atoms with Gasteiger partial charge in [0, 0.05) is 29.9 Å². The van der Waals surface area contributed by atoms with E-state index in [4.69, 9.17) is 4.74 Å². The van der Waals surface area contributed by atoms with Crippen LogP contribution in [0.4, 0.5) is 0 Å². The number of hydrogen-bond donors (Lipinski definition) is 0. The van der Waals surface area contributed by atoms with Gasteiger partial charge in [0.25, 0.3) is 11.1 Å². The highest BCUT2D eigenvalue weighted by molar-refractivity contribution is 7.15. The maximum absolute atomic E-state index is 11.8. The van der Waals surface area contributed by atoms with Crippen molar-refractivity contribution in [1.82, 2.24) is 14.0 Å². The Morgan fingerprint density at radius 3 is 2.91 bits per heavy atom. The standard InChI is InChI=1S/C14H11N3O4S/c18-11-3-1-2-4-16(11)8-13(20)21-9-10-7-12(19)17-5-6-22-14(17)15-10/h1-7H,8-9H2. The van der Waals surface area contributed by atoms with E-state index in [0.29, 0.717) is 10.7 Å². The average molecular weight is 317 g/mol. The number of fused-ring (bicyclic) bond motifs is 1. The zero-order valence-electron chi connectivity index (χ0n) is 11.3. The fourth-order valence-electron chi connectivity index (χ4n) is 1.89. The monoisotopic (exact) mass is 317 g/mol. The molecule has 112 valence electrons. The maximum Gasteiger partial charge on any atom is 0.326 e. The summed E-state index contributed by atoms with van der Waals surface area (Å²) in [5.74, 6) is -0.568. The molecule has 0 aromatic carbocycles. The Labute approximate surface area is 128 Å². The third-order valence-electron chi connectivity index (χ3n) is 2.94. The van der Waals surface area contributed by atoms with Gasteiger partial charge in [-0.2, -0.15) is 0 Å². The first-order chi connectivity index (χ1) is 10.6. The summed E-state index contributed by atoms with van der Waals surface area (Å²) < 4.78 is 7.72. The predicted octanol–water partition coefficient (Wildman–Crippen LogP) is 0.661. The Kier molecular flexibility index (Phi) is 3.84. The number of esters is 1. The summed E-state index contributed by atoms with van der Waals surface area (Å²) in [6.45, 7) is -0.288. The van der Waals surface area contributed by atoms with Gasteiger partial charge in [0.05, 0.1) is 5.69 Å². The number of carbonyl (C=O) groups excluding carboxylic acids is 1. The van der Waals surface area contributed by atoms with Crippen LogP contribution in [-0.2, 0) is 22.7 Å². The van der Waals surface area contributed by atoms with Crippen LogP contribution in [0.25, 0.3) is 4.96 Å². The van der Waals surface area contributed by atoms with Gasteiger partial charge in [0.1, 0.15) is 13.2 Å². The predicted molar refractivity (Wildman–Crippen MR) is 79.8 cm³/mol. The van der Waals surface area contributed by atoms with Gasteiger partial charge in [-0.1, -0.05) is 6.07 Å². The van der Waals surface area contributed by atoms with Crippen LogP contribution in [0.2, 0.25) is 0 Å². The van der Waals surface area contributed by atoms with Gasteiger partial charge in [0.2, 0.25) is 0 Å². The van der Waals surface area contributed by atoms with Crippen molar-refractivity contribution in [3.05, 3.63) is 68.4 Å². The molecule has 7 nitrogen and oxygen atoms in total. The third kappa shape index (κ3) is 2.96. The number of thiazole rings is 1. The molecule has 3 heterocycles. The number of rotatable bonds is 4. The molecule has 8 heteroatoms. The van der Waals surface area contributed by atoms with E-state index in [1.807, 2.05) is 0 Å². The molecule has 0 N–H and O–H groups in total. The first-order valence-corrected chi connectivity index (χ1v) is 7.28. The second-order valence-electron chi connectivity index (χ2n) is 4.47. The molecule has 3 rings (SSSR count). The molecule has 0 radical (unpaired) electrons. The fourth-order valence-corrected chi connectivity index (χ4v) is 2.63. The summed E-state index contributed by atoms with van der Waals surface area (Å²) in [5.41, 5.74) is -0.131. The van der Waals surface area contributed by atoms with Crippen molar-refractivity contribution in [2.24, 2.45) is 0 Å². The zero-order chi connectivity index (χ0) is 15.5. The quantitative estimate of drug-likeness (QED) is 0.660. The largest absolute Gasteiger partial charge is 0.458 e. The van der Waals surface area contributed by atoms with Crippen molar-refractivity contribution in [2.75, 3.05) is 0 Å². The SMILES string of the molecule is O=C(Cn1ccccc1=O)OCc1cc(=O)n2ccsc2n1. The molecule has 0 atom stereocenters. The summed E-state index contributed by atoms with van der Waals surface area (Å²) in [6.07, 6.45) is 3.14. The first kappa shape index (κ1) is 14.2. The molecule has 0 aliphatic rings. The Morgan fingerprint density at radius 2 is 2.09 bits per heavy atom. The van der Waals surface area contributed by atoms with Crippen molar-refractivity contribution >= 4 is 22.3 Å². The topological polar surface area (TPSA) is 82.7 Å². The summed E-state index contributed by atoms with van der Waals surface area (Å²) >= 11 is 1.32. The Hall–Kier alpha value is -2.74. The smallest absolute Gasteiger partial charge is 0.326 e. The highest BCUT2D eigenvalue weighted by Crippen LogP contribution is 2.07. The van der Waals surface area contributed by atoms with E-state index in [-0.39, 0.29) is 24.3 Å². The van der Waals surface area contributed by atoms with Gasteiger partial charge < -0.3 is 9.30 Å². The van der Waals surface area contributed by atoms with E-state index in [1.165, 1.54) is 38.6 Å². The van der Waals surface area contributed by atoms with Crippen LogP contribution in [0, 0.1) is 0 Å². The molecular weight excluding hydrogens is 306 g/mol. The molecule has 3 aromatic rings. The normalized spacial score (nSPS) is 10.7. The molecule has 0 aliphatic heterocycles. The van der Waals surface area contributed by atoms with Crippen molar-refractivity contribution in [1.29, 1.82) is 0 Å². The minimum absolute atomic E-state index is 0.107. The van der Waals surface area contributed by atoms with E-state index >= 15 is 0 Å². The minimum atomic E-state index is -0.568. The van der Waals surface area contributed by atoms with E-state index < -0.39 is 5.97 Å². The summed E-state index contributed by atoms with van der Waals surface area (Å²) in [6, 6.07) is 5.93. The van der Waals surface area contributed by atoms with Crippen LogP contribution in [0.3, 0.4) is 0 Å². The van der Waals surface area contributed by atoms with E-state index in [9.17, 15) is 14.4 Å². The Morgan fingerprint density at radius 1 is 1.23 bits per heavy atom. The lowest BCUT2D eigenvalue weighted by Crippen LogP contribution is -2.24. The van der Waals surface area contributed by atoms with Gasteiger partial charge in [0.15, 0.2) is 4.96 Å². The number of aromatic nitrogens is 3. The highest BCUT2D eigenvalue weighted by Gasteiger charge is 2.08. The second-order valence-corrected chi connectivity index (χ2v) is 5.34. The Balaban J connectivity index is 1.68. The molecule has 0 unspecified atom stereocenters. The Bertz CT molecular complexity index is 941. The average Bonchev–Trinajstić information content (AvgIpc) is 2.97. The van der Waals surface area contributed by atoms with Gasteiger partial charge in [-0.15, -0.1) is 11.3 Å². The number of carbonyl (C=O) groups is 1. The summed E-state index contributed by atoms with van der Waals surface area (Å²) in [4.78, 5) is 39.8. The molecule has 0 amide bonds. The molecule has 0 saturated carbocycles. The number of pyridine rings is 1. The summed E-state index contributed by atoms with van der Waals surface area (Å²) in [5, 5.41) is 1.75. The number of hydrogen-bond acceptors (Lipinski definition) is 6. The van der Waals surface area contributed by atoms with Crippen molar-refractivity contribution in [3.8, 4) is 0 Å². The fraction of sp³-hybridized carbons (Fsp3) is 0.143. The molecule has 0 bridgehead atoms. The minimum Gasteiger partial charge on any atom is -0.458 e. The highest BCUT2D eigenvalue weighted by atomic mass is 32.1. The molecule has 0 saturated heterocycles. The van der Waals surface area contributed by atoms with Gasteiger partial charge in [-0.3, -0.25) is 18.8 Å².